The van der Waals surface area contributed by atoms with Gasteiger partial charge < -0.3 is 10.6 Å². The van der Waals surface area contributed by atoms with Crippen LogP contribution in [0.3, 0.4) is 0 Å². The number of carbonyl (C=O) groups is 1. The summed E-state index contributed by atoms with van der Waals surface area (Å²) < 4.78 is 0. The van der Waals surface area contributed by atoms with E-state index >= 15 is 0 Å². The molecule has 0 aliphatic heterocycles. The van der Waals surface area contributed by atoms with E-state index in [2.05, 4.69) is 28.8 Å². The number of amides is 1. The average molecular weight is 316 g/mol. The Morgan fingerprint density at radius 1 is 1.35 bits per heavy atom. The van der Waals surface area contributed by atoms with Crippen molar-refractivity contribution in [3.63, 3.8) is 0 Å². The molecule has 2 N–H and O–H groups in total. The zero-order valence-electron chi connectivity index (χ0n) is 12.0. The molecule has 0 saturated carbocycles. The van der Waals surface area contributed by atoms with Gasteiger partial charge in [-0.1, -0.05) is 18.5 Å². The summed E-state index contributed by atoms with van der Waals surface area (Å²) in [4.78, 5) is 16.2. The maximum absolute atomic E-state index is 12.0. The number of anilines is 1. The number of unbranched alkanes of at least 4 members (excludes halogenated alkanes) is 1. The number of carbonyl (C=O) groups excluding carboxylic acids is 1. The molecule has 0 saturated heterocycles. The number of hydrogen-bond acceptors (Lipinski definition) is 4. The first kappa shape index (κ1) is 17.1. The van der Waals surface area contributed by atoms with Gasteiger partial charge in [0.15, 0.2) is 0 Å². The van der Waals surface area contributed by atoms with E-state index in [1.807, 2.05) is 11.8 Å². The van der Waals surface area contributed by atoms with E-state index in [4.69, 9.17) is 11.6 Å². The fraction of sp³-hybridized carbons (Fsp3) is 0.571. The van der Waals surface area contributed by atoms with Crippen molar-refractivity contribution in [3.8, 4) is 0 Å². The molecular weight excluding hydrogens is 294 g/mol. The van der Waals surface area contributed by atoms with Crippen LogP contribution in [0.15, 0.2) is 12.1 Å². The van der Waals surface area contributed by atoms with Crippen LogP contribution >= 0.6 is 23.4 Å². The summed E-state index contributed by atoms with van der Waals surface area (Å²) in [5.74, 6) is 1.67. The number of nitrogens with one attached hydrogen (secondary N) is 2. The summed E-state index contributed by atoms with van der Waals surface area (Å²) in [5.41, 5.74) is 0.550. The molecule has 1 rings (SSSR count). The van der Waals surface area contributed by atoms with Crippen LogP contribution in [0.25, 0.3) is 0 Å². The lowest BCUT2D eigenvalue weighted by atomic mass is 10.2. The molecule has 6 heteroatoms. The Kier molecular flexibility index (Phi) is 8.46. The van der Waals surface area contributed by atoms with Gasteiger partial charge in [0.05, 0.1) is 0 Å². The lowest BCUT2D eigenvalue weighted by Gasteiger charge is -2.08. The highest BCUT2D eigenvalue weighted by Crippen LogP contribution is 2.14. The number of nitrogens with zero attached hydrogens (tertiary/aromatic N) is 1. The normalized spacial score (nSPS) is 10.3. The van der Waals surface area contributed by atoms with Crippen molar-refractivity contribution in [3.05, 3.63) is 22.8 Å². The van der Waals surface area contributed by atoms with Crippen molar-refractivity contribution in [2.45, 2.75) is 26.2 Å². The van der Waals surface area contributed by atoms with E-state index in [1.165, 1.54) is 0 Å². The van der Waals surface area contributed by atoms with Crippen LogP contribution in [0.4, 0.5) is 5.82 Å². The summed E-state index contributed by atoms with van der Waals surface area (Å²) in [6.45, 7) is 3.57. The molecule has 0 aliphatic rings. The Morgan fingerprint density at radius 3 is 2.85 bits per heavy atom. The van der Waals surface area contributed by atoms with Crippen LogP contribution in [0, 0.1) is 0 Å². The van der Waals surface area contributed by atoms with Crippen LogP contribution < -0.4 is 10.6 Å². The maximum Gasteiger partial charge on any atom is 0.251 e. The highest BCUT2D eigenvalue weighted by molar-refractivity contribution is 7.98. The van der Waals surface area contributed by atoms with Gasteiger partial charge in [-0.05, 0) is 43.4 Å². The fourth-order valence-corrected chi connectivity index (χ4v) is 2.35. The minimum Gasteiger partial charge on any atom is -0.370 e. The van der Waals surface area contributed by atoms with Crippen LogP contribution in [0.2, 0.25) is 5.15 Å². The summed E-state index contributed by atoms with van der Waals surface area (Å²) in [5, 5.41) is 6.37. The smallest absolute Gasteiger partial charge is 0.251 e. The van der Waals surface area contributed by atoms with Crippen molar-refractivity contribution >= 4 is 35.1 Å². The molecular formula is C14H22ClN3OS. The second-order valence-corrected chi connectivity index (χ2v) is 5.82. The van der Waals surface area contributed by atoms with Gasteiger partial charge in [0.1, 0.15) is 11.0 Å². The number of rotatable bonds is 9. The fourth-order valence-electron chi connectivity index (χ4n) is 1.65. The average Bonchev–Trinajstić information content (AvgIpc) is 2.44. The van der Waals surface area contributed by atoms with E-state index < -0.39 is 0 Å². The standard InChI is InChI=1S/C14H22ClN3OS/c1-3-6-16-13-10-11(9-12(15)18-13)14(19)17-7-4-5-8-20-2/h9-10H,3-8H2,1-2H3,(H,16,18)(H,17,19). The molecule has 0 aromatic carbocycles. The number of thioether (sulfide) groups is 1. The van der Waals surface area contributed by atoms with Crippen LogP contribution in [0.5, 0.6) is 0 Å². The predicted octanol–water partition coefficient (Wildman–Crippen LogP) is 3.43. The van der Waals surface area contributed by atoms with E-state index in [1.54, 1.807) is 12.1 Å². The van der Waals surface area contributed by atoms with Crippen molar-refractivity contribution < 1.29 is 4.79 Å². The molecule has 0 unspecified atom stereocenters. The molecule has 0 aliphatic carbocycles. The number of aromatic nitrogens is 1. The van der Waals surface area contributed by atoms with Gasteiger partial charge >= 0.3 is 0 Å². The predicted molar refractivity (Wildman–Crippen MR) is 88.0 cm³/mol. The van der Waals surface area contributed by atoms with Gasteiger partial charge in [0.25, 0.3) is 5.91 Å². The molecule has 0 bridgehead atoms. The van der Waals surface area contributed by atoms with E-state index in [0.717, 1.165) is 31.6 Å². The third-order valence-electron chi connectivity index (χ3n) is 2.67. The first-order valence-electron chi connectivity index (χ1n) is 6.86. The monoisotopic (exact) mass is 315 g/mol. The van der Waals surface area contributed by atoms with E-state index in [-0.39, 0.29) is 5.91 Å². The minimum atomic E-state index is -0.0991. The van der Waals surface area contributed by atoms with Gasteiger partial charge in [0, 0.05) is 18.7 Å². The summed E-state index contributed by atoms with van der Waals surface area (Å²) in [6, 6.07) is 3.33. The number of hydrogen-bond donors (Lipinski definition) is 2. The Hall–Kier alpha value is -0.940. The van der Waals surface area contributed by atoms with E-state index in [0.29, 0.717) is 23.1 Å². The lowest BCUT2D eigenvalue weighted by molar-refractivity contribution is 0.0953. The molecule has 0 spiro atoms. The quantitative estimate of drug-likeness (QED) is 0.541. The summed E-state index contributed by atoms with van der Waals surface area (Å²) >= 11 is 7.76. The van der Waals surface area contributed by atoms with Crippen molar-refractivity contribution in [1.82, 2.24) is 10.3 Å². The molecule has 4 nitrogen and oxygen atoms in total. The third kappa shape index (κ3) is 6.48. The topological polar surface area (TPSA) is 54.0 Å². The zero-order valence-corrected chi connectivity index (χ0v) is 13.6. The molecule has 1 heterocycles. The Bertz CT molecular complexity index is 429. The third-order valence-corrected chi connectivity index (χ3v) is 3.56. The Balaban J connectivity index is 2.51. The Morgan fingerprint density at radius 2 is 2.15 bits per heavy atom. The SMILES string of the molecule is CCCNc1cc(C(=O)NCCCCSC)cc(Cl)n1. The van der Waals surface area contributed by atoms with Crippen molar-refractivity contribution in [1.29, 1.82) is 0 Å². The lowest BCUT2D eigenvalue weighted by Crippen LogP contribution is -2.24. The summed E-state index contributed by atoms with van der Waals surface area (Å²) in [6.07, 6.45) is 5.18. The molecule has 0 atom stereocenters. The molecule has 0 fully saturated rings. The highest BCUT2D eigenvalue weighted by atomic mass is 35.5. The summed E-state index contributed by atoms with van der Waals surface area (Å²) in [7, 11) is 0. The number of halogens is 1. The first-order chi connectivity index (χ1) is 9.67. The second-order valence-electron chi connectivity index (χ2n) is 4.45. The van der Waals surface area contributed by atoms with Crippen LogP contribution in [0.1, 0.15) is 36.5 Å². The van der Waals surface area contributed by atoms with E-state index in [9.17, 15) is 4.79 Å². The molecule has 1 aromatic heterocycles. The van der Waals surface area contributed by atoms with Gasteiger partial charge in [-0.2, -0.15) is 11.8 Å². The van der Waals surface area contributed by atoms with Gasteiger partial charge in [0.2, 0.25) is 0 Å². The Labute approximate surface area is 130 Å². The highest BCUT2D eigenvalue weighted by Gasteiger charge is 2.08. The molecule has 1 amide bonds. The second kappa shape index (κ2) is 9.88. The van der Waals surface area contributed by atoms with Crippen molar-refractivity contribution in [2.75, 3.05) is 30.4 Å². The molecule has 112 valence electrons. The minimum absolute atomic E-state index is 0.0991. The molecule has 20 heavy (non-hydrogen) atoms. The largest absolute Gasteiger partial charge is 0.370 e. The van der Waals surface area contributed by atoms with Crippen molar-refractivity contribution in [2.24, 2.45) is 0 Å². The maximum atomic E-state index is 12.0. The van der Waals surface area contributed by atoms with Crippen LogP contribution in [-0.4, -0.2) is 36.0 Å². The van der Waals surface area contributed by atoms with Gasteiger partial charge in [-0.25, -0.2) is 4.98 Å². The van der Waals surface area contributed by atoms with Gasteiger partial charge in [-0.3, -0.25) is 4.79 Å². The van der Waals surface area contributed by atoms with Crippen LogP contribution in [-0.2, 0) is 0 Å². The van der Waals surface area contributed by atoms with Gasteiger partial charge in [-0.15, -0.1) is 0 Å². The zero-order chi connectivity index (χ0) is 14.8. The molecule has 1 aromatic rings. The molecule has 0 radical (unpaired) electrons. The first-order valence-corrected chi connectivity index (χ1v) is 8.63. The number of pyridine rings is 1.